The molecule has 1 aliphatic heterocycles. The number of rotatable bonds is 3. The van der Waals surface area contributed by atoms with Gasteiger partial charge in [0, 0.05) is 30.3 Å². The molecule has 6 heteroatoms. The highest BCUT2D eigenvalue weighted by molar-refractivity contribution is 5.19. The topological polar surface area (TPSA) is 49.0 Å². The molecule has 0 amide bonds. The average Bonchev–Trinajstić information content (AvgIpc) is 2.56. The molecule has 128 valence electrons. The number of hydrogen-bond donors (Lipinski definition) is 1. The van der Waals surface area contributed by atoms with E-state index in [0.29, 0.717) is 12.1 Å². The van der Waals surface area contributed by atoms with E-state index < -0.39 is 11.6 Å². The second-order valence-corrected chi connectivity index (χ2v) is 6.48. The first-order valence-corrected chi connectivity index (χ1v) is 8.17. The van der Waals surface area contributed by atoms with E-state index in [-0.39, 0.29) is 11.5 Å². The minimum atomic E-state index is -0.827. The number of benzene rings is 1. The summed E-state index contributed by atoms with van der Waals surface area (Å²) in [5.41, 5.74) is 2.06. The van der Waals surface area contributed by atoms with Crippen molar-refractivity contribution in [2.45, 2.75) is 39.2 Å². The van der Waals surface area contributed by atoms with Crippen molar-refractivity contribution in [3.63, 3.8) is 0 Å². The van der Waals surface area contributed by atoms with Crippen LogP contribution in [-0.4, -0.2) is 28.0 Å². The van der Waals surface area contributed by atoms with Crippen LogP contribution in [0.2, 0.25) is 0 Å². The fourth-order valence-electron chi connectivity index (χ4n) is 3.18. The number of nitrogens with zero attached hydrogens (tertiary/aromatic N) is 2. The Morgan fingerprint density at radius 2 is 2.08 bits per heavy atom. The molecule has 2 aromatic rings. The number of likely N-dealkylation sites (tertiary alicyclic amines) is 1. The Balaban J connectivity index is 1.74. The fourth-order valence-corrected chi connectivity index (χ4v) is 3.18. The Labute approximate surface area is 139 Å². The minimum Gasteiger partial charge on any atom is -0.310 e. The maximum atomic E-state index is 13.4. The first-order chi connectivity index (χ1) is 11.4. The van der Waals surface area contributed by atoms with Gasteiger partial charge in [0.15, 0.2) is 11.6 Å². The fraction of sp³-hybridized carbons (Fsp3) is 0.444. The molecule has 1 N–H and O–H groups in total. The van der Waals surface area contributed by atoms with Crippen molar-refractivity contribution in [1.29, 1.82) is 0 Å². The zero-order valence-electron chi connectivity index (χ0n) is 13.9. The van der Waals surface area contributed by atoms with Crippen molar-refractivity contribution >= 4 is 0 Å². The van der Waals surface area contributed by atoms with Crippen molar-refractivity contribution in [3.8, 4) is 0 Å². The lowest BCUT2D eigenvalue weighted by Crippen LogP contribution is -2.35. The van der Waals surface area contributed by atoms with Crippen LogP contribution in [0.15, 0.2) is 23.0 Å². The van der Waals surface area contributed by atoms with Crippen molar-refractivity contribution in [1.82, 2.24) is 14.9 Å². The molecule has 0 radical (unpaired) electrons. The standard InChI is InChI=1S/C18H21F2N3O/c1-11-12(2)21-17(22-18(11)24)14-4-3-7-23(10-14)9-13-5-6-15(19)16(20)8-13/h5-6,8,14H,3-4,7,9-10H2,1-2H3,(H,21,22,24)/t14-/m0/s1. The van der Waals surface area contributed by atoms with E-state index in [1.54, 1.807) is 13.0 Å². The Morgan fingerprint density at radius 3 is 2.79 bits per heavy atom. The number of H-pyrrole nitrogens is 1. The van der Waals surface area contributed by atoms with E-state index in [1.165, 1.54) is 6.07 Å². The van der Waals surface area contributed by atoms with Crippen LogP contribution in [0.25, 0.3) is 0 Å². The molecule has 0 bridgehead atoms. The third-order valence-electron chi connectivity index (χ3n) is 4.70. The number of aromatic amines is 1. The van der Waals surface area contributed by atoms with E-state index in [4.69, 9.17) is 0 Å². The third-order valence-corrected chi connectivity index (χ3v) is 4.70. The van der Waals surface area contributed by atoms with Crippen LogP contribution in [0, 0.1) is 25.5 Å². The van der Waals surface area contributed by atoms with Crippen LogP contribution in [0.3, 0.4) is 0 Å². The summed E-state index contributed by atoms with van der Waals surface area (Å²) in [5.74, 6) is -0.775. The molecule has 1 aromatic heterocycles. The molecule has 24 heavy (non-hydrogen) atoms. The summed E-state index contributed by atoms with van der Waals surface area (Å²) >= 11 is 0. The van der Waals surface area contributed by atoms with Gasteiger partial charge in [0.05, 0.1) is 0 Å². The van der Waals surface area contributed by atoms with E-state index >= 15 is 0 Å². The quantitative estimate of drug-likeness (QED) is 0.939. The summed E-state index contributed by atoms with van der Waals surface area (Å²) in [6, 6.07) is 4.02. The normalized spacial score (nSPS) is 18.8. The summed E-state index contributed by atoms with van der Waals surface area (Å²) in [6.45, 7) is 5.80. The zero-order chi connectivity index (χ0) is 17.3. The Bertz CT molecular complexity index is 803. The van der Waals surface area contributed by atoms with E-state index in [0.717, 1.165) is 49.1 Å². The van der Waals surface area contributed by atoms with Gasteiger partial charge in [-0.15, -0.1) is 0 Å². The van der Waals surface area contributed by atoms with Gasteiger partial charge in [-0.2, -0.15) is 0 Å². The number of hydrogen-bond acceptors (Lipinski definition) is 3. The van der Waals surface area contributed by atoms with Gasteiger partial charge in [-0.05, 0) is 50.9 Å². The van der Waals surface area contributed by atoms with Gasteiger partial charge in [-0.3, -0.25) is 9.69 Å². The summed E-state index contributed by atoms with van der Waals surface area (Å²) in [6.07, 6.45) is 1.94. The number of halogens is 2. The number of aromatic nitrogens is 2. The Hall–Kier alpha value is -2.08. The maximum absolute atomic E-state index is 13.4. The molecule has 0 spiro atoms. The predicted octanol–water partition coefficient (Wildman–Crippen LogP) is 3.04. The van der Waals surface area contributed by atoms with Gasteiger partial charge in [-0.1, -0.05) is 6.07 Å². The lowest BCUT2D eigenvalue weighted by Gasteiger charge is -2.32. The molecular formula is C18H21F2N3O. The molecule has 1 fully saturated rings. The van der Waals surface area contributed by atoms with Crippen molar-refractivity contribution in [3.05, 3.63) is 62.8 Å². The van der Waals surface area contributed by atoms with E-state index in [2.05, 4.69) is 14.9 Å². The van der Waals surface area contributed by atoms with Crippen LogP contribution in [0.5, 0.6) is 0 Å². The Morgan fingerprint density at radius 1 is 1.29 bits per heavy atom. The third kappa shape index (κ3) is 3.53. The molecule has 1 aromatic carbocycles. The maximum Gasteiger partial charge on any atom is 0.254 e. The van der Waals surface area contributed by atoms with Crippen LogP contribution >= 0.6 is 0 Å². The number of piperidine rings is 1. The average molecular weight is 333 g/mol. The van der Waals surface area contributed by atoms with Gasteiger partial charge in [-0.25, -0.2) is 13.8 Å². The van der Waals surface area contributed by atoms with Crippen LogP contribution < -0.4 is 5.56 Å². The highest BCUT2D eigenvalue weighted by atomic mass is 19.2. The summed E-state index contributed by atoms with van der Waals surface area (Å²) < 4.78 is 26.4. The second-order valence-electron chi connectivity index (χ2n) is 6.48. The molecule has 1 aliphatic rings. The SMILES string of the molecule is Cc1nc([C@H]2CCCN(Cc3ccc(F)c(F)c3)C2)[nH]c(=O)c1C. The molecule has 1 saturated heterocycles. The molecule has 3 rings (SSSR count). The lowest BCUT2D eigenvalue weighted by molar-refractivity contribution is 0.196. The lowest BCUT2D eigenvalue weighted by atomic mass is 9.96. The molecule has 4 nitrogen and oxygen atoms in total. The van der Waals surface area contributed by atoms with Crippen molar-refractivity contribution < 1.29 is 8.78 Å². The van der Waals surface area contributed by atoms with Gasteiger partial charge < -0.3 is 4.98 Å². The highest BCUT2D eigenvalue weighted by Crippen LogP contribution is 2.25. The predicted molar refractivity (Wildman–Crippen MR) is 87.9 cm³/mol. The van der Waals surface area contributed by atoms with E-state index in [9.17, 15) is 13.6 Å². The number of nitrogens with one attached hydrogen (secondary N) is 1. The second kappa shape index (κ2) is 6.81. The largest absolute Gasteiger partial charge is 0.310 e. The first kappa shape index (κ1) is 16.8. The molecule has 0 saturated carbocycles. The van der Waals surface area contributed by atoms with Gasteiger partial charge in [0.25, 0.3) is 5.56 Å². The smallest absolute Gasteiger partial charge is 0.254 e. The van der Waals surface area contributed by atoms with Gasteiger partial charge in [0.2, 0.25) is 0 Å². The van der Waals surface area contributed by atoms with Crippen LogP contribution in [-0.2, 0) is 6.54 Å². The Kier molecular flexibility index (Phi) is 4.76. The van der Waals surface area contributed by atoms with E-state index in [1.807, 2.05) is 6.92 Å². The molecule has 0 unspecified atom stereocenters. The summed E-state index contributed by atoms with van der Waals surface area (Å²) in [4.78, 5) is 21.6. The summed E-state index contributed by atoms with van der Waals surface area (Å²) in [5, 5.41) is 0. The molecular weight excluding hydrogens is 312 g/mol. The monoisotopic (exact) mass is 333 g/mol. The van der Waals surface area contributed by atoms with Gasteiger partial charge >= 0.3 is 0 Å². The number of aryl methyl sites for hydroxylation is 1. The minimum absolute atomic E-state index is 0.0878. The van der Waals surface area contributed by atoms with Crippen LogP contribution in [0.1, 0.15) is 41.4 Å². The zero-order valence-corrected chi connectivity index (χ0v) is 13.9. The van der Waals surface area contributed by atoms with Crippen molar-refractivity contribution in [2.24, 2.45) is 0 Å². The molecule has 1 atom stereocenters. The van der Waals surface area contributed by atoms with Gasteiger partial charge in [0.1, 0.15) is 5.82 Å². The van der Waals surface area contributed by atoms with Crippen LogP contribution in [0.4, 0.5) is 8.78 Å². The molecule has 0 aliphatic carbocycles. The highest BCUT2D eigenvalue weighted by Gasteiger charge is 2.24. The van der Waals surface area contributed by atoms with Crippen molar-refractivity contribution in [2.75, 3.05) is 13.1 Å². The summed E-state index contributed by atoms with van der Waals surface area (Å²) in [7, 11) is 0. The first-order valence-electron chi connectivity index (χ1n) is 8.17. The molecule has 2 heterocycles.